The van der Waals surface area contributed by atoms with Crippen LogP contribution in [0.2, 0.25) is 0 Å². The zero-order valence-corrected chi connectivity index (χ0v) is 35.8. The first-order valence-electron chi connectivity index (χ1n) is 20.2. The van der Waals surface area contributed by atoms with Crippen molar-refractivity contribution in [2.45, 2.75) is 133 Å². The number of aliphatic hydroxyl groups excluding tert-OH is 2. The predicted molar refractivity (Wildman–Crippen MR) is 217 cm³/mol. The fourth-order valence-corrected chi connectivity index (χ4v) is 5.65. The predicted octanol–water partition coefficient (Wildman–Crippen LogP) is -7.89. The van der Waals surface area contributed by atoms with Crippen molar-refractivity contribution in [1.29, 1.82) is 0 Å². The molecule has 8 atom stereocenters. The molecule has 0 radical (unpaired) electrons. The van der Waals surface area contributed by atoms with E-state index in [1.54, 1.807) is 0 Å². The lowest BCUT2D eigenvalue weighted by Gasteiger charge is -2.27. The normalized spacial score (nSPS) is 15.5. The third-order valence-corrected chi connectivity index (χ3v) is 9.23. The lowest BCUT2D eigenvalue weighted by Crippen LogP contribution is -2.69. The molecule has 0 heterocycles. The van der Waals surface area contributed by atoms with Crippen molar-refractivity contribution >= 4 is 47.3 Å². The first-order chi connectivity index (χ1) is 27.9. The second-order valence-electron chi connectivity index (χ2n) is 15.9. The van der Waals surface area contributed by atoms with Crippen molar-refractivity contribution in [2.24, 2.45) is 17.2 Å². The number of quaternary nitrogens is 3. The smallest absolute Gasteiger partial charge is 0.328 e. The summed E-state index contributed by atoms with van der Waals surface area (Å²) >= 11 is 0. The summed E-state index contributed by atoms with van der Waals surface area (Å²) in [5.74, 6) is -7.28. The highest BCUT2D eigenvalue weighted by Gasteiger charge is 2.34. The van der Waals surface area contributed by atoms with Crippen molar-refractivity contribution in [3.63, 3.8) is 0 Å². The van der Waals surface area contributed by atoms with E-state index in [1.165, 1.54) is 13.8 Å². The summed E-state index contributed by atoms with van der Waals surface area (Å²) in [5.41, 5.74) is 24.0. The summed E-state index contributed by atoms with van der Waals surface area (Å²) in [6, 6.07) is -9.27. The molecule has 0 bridgehead atoms. The monoisotopic (exact) mass is 865 g/mol. The Bertz CT molecular complexity index is 1400. The number of amides is 7. The molecule has 0 saturated carbocycles. The van der Waals surface area contributed by atoms with Crippen LogP contribution in [-0.2, 0) is 38.4 Å². The highest BCUT2D eigenvalue weighted by atomic mass is 16.4. The van der Waals surface area contributed by atoms with E-state index in [0.717, 1.165) is 13.0 Å². The van der Waals surface area contributed by atoms with Gasteiger partial charge in [0.25, 0.3) is 5.91 Å². The van der Waals surface area contributed by atoms with E-state index in [2.05, 4.69) is 48.7 Å². The minimum atomic E-state index is -1.65. The molecule has 0 aliphatic heterocycles. The Hall–Kier alpha value is -4.56. The van der Waals surface area contributed by atoms with Gasteiger partial charge in [-0.15, -0.1) is 0 Å². The second kappa shape index (κ2) is 28.8. The Morgan fingerprint density at radius 1 is 0.650 bits per heavy atom. The van der Waals surface area contributed by atoms with Gasteiger partial charge >= 0.3 is 5.97 Å². The largest absolute Gasteiger partial charge is 0.480 e. The van der Waals surface area contributed by atoms with Crippen molar-refractivity contribution in [3.8, 4) is 0 Å². The number of carboxylic acid groups (broad SMARTS) is 1. The number of carbonyl (C=O) groups is 8. The van der Waals surface area contributed by atoms with Gasteiger partial charge in [0.2, 0.25) is 35.4 Å². The van der Waals surface area contributed by atoms with Crippen LogP contribution >= 0.6 is 0 Å². The van der Waals surface area contributed by atoms with Crippen LogP contribution in [0.1, 0.15) is 78.1 Å². The van der Waals surface area contributed by atoms with Gasteiger partial charge in [-0.1, -0.05) is 0 Å². The minimum absolute atomic E-state index is 0.0170. The molecule has 0 unspecified atom stereocenters. The molecule has 0 rings (SSSR count). The van der Waals surface area contributed by atoms with Crippen LogP contribution < -0.4 is 65.9 Å². The summed E-state index contributed by atoms with van der Waals surface area (Å²) in [6.45, 7) is 3.21. The standard InChI is InChI=1S/C36H71N13O11/c1-20(43-34(58)28(21(2)51)48-33(57)25(14-15-27(39)52)45-30(54)22(38)11-6-8-16-37)29(53)44-24(13-10-17-42-36(40)41)31(55)46-23(12-7-9-18-49(3,4)5)32(56)47-26(19-50)35(59)60/h20-26,28,36,42,50-51H,6-19,37-38,40-41H2,1-5H3,(H8-,39,43,44,45,46,47,48,52,53,54,55,56,57,58,59,60)/p+3/t20-,21+,22-,23-,24-,25-,26-,28-/m0/s1. The van der Waals surface area contributed by atoms with Crippen molar-refractivity contribution in [3.05, 3.63) is 0 Å². The molecule has 7 amide bonds. The van der Waals surface area contributed by atoms with Gasteiger partial charge in [0.05, 0.1) is 46.9 Å². The first-order valence-corrected chi connectivity index (χ1v) is 20.2. The molecule has 0 saturated heterocycles. The number of primary amides is 1. The number of nitrogens with two attached hydrogens (primary N) is 3. The van der Waals surface area contributed by atoms with Crippen LogP contribution in [0.5, 0.6) is 0 Å². The molecule has 24 heteroatoms. The topological polar surface area (TPSA) is 415 Å². The highest BCUT2D eigenvalue weighted by Crippen LogP contribution is 2.08. The maximum absolute atomic E-state index is 13.7. The van der Waals surface area contributed by atoms with E-state index in [4.69, 9.17) is 17.2 Å². The maximum Gasteiger partial charge on any atom is 0.328 e. The zero-order valence-electron chi connectivity index (χ0n) is 35.8. The van der Waals surface area contributed by atoms with Crippen LogP contribution in [-0.4, -0.2) is 169 Å². The Balaban J connectivity index is 6.13. The molecule has 24 nitrogen and oxygen atoms in total. The zero-order chi connectivity index (χ0) is 46.2. The van der Waals surface area contributed by atoms with Gasteiger partial charge in [-0.25, -0.2) is 4.79 Å². The Morgan fingerprint density at radius 3 is 1.65 bits per heavy atom. The summed E-state index contributed by atoms with van der Waals surface area (Å²) in [6.07, 6.45) is 0.370. The average Bonchev–Trinajstić information content (AvgIpc) is 3.15. The highest BCUT2D eigenvalue weighted by molar-refractivity contribution is 5.97. The maximum atomic E-state index is 13.7. The number of rotatable bonds is 32. The second-order valence-corrected chi connectivity index (χ2v) is 15.9. The summed E-state index contributed by atoms with van der Waals surface area (Å²) in [5, 5.41) is 46.7. The van der Waals surface area contributed by atoms with E-state index in [0.29, 0.717) is 36.7 Å². The van der Waals surface area contributed by atoms with E-state index >= 15 is 0 Å². The molecular weight excluding hydrogens is 790 g/mol. The van der Waals surface area contributed by atoms with Crippen LogP contribution in [0.3, 0.4) is 0 Å². The van der Waals surface area contributed by atoms with Gasteiger partial charge in [0, 0.05) is 12.8 Å². The molecule has 22 N–H and O–H groups in total. The Labute approximate surface area is 351 Å². The summed E-state index contributed by atoms with van der Waals surface area (Å²) in [4.78, 5) is 103. The quantitative estimate of drug-likeness (QED) is 0.0170. The number of aliphatic carboxylic acids is 1. The van der Waals surface area contributed by atoms with Crippen LogP contribution in [0, 0.1) is 0 Å². The van der Waals surface area contributed by atoms with Gasteiger partial charge in [-0.3, -0.25) is 38.9 Å². The summed E-state index contributed by atoms with van der Waals surface area (Å²) in [7, 11) is 5.94. The Kier molecular flexibility index (Phi) is 26.6. The number of aliphatic hydroxyl groups is 2. The van der Waals surface area contributed by atoms with E-state index in [-0.39, 0.29) is 38.6 Å². The number of unbranched alkanes of at least 4 members (excludes halogenated alkanes) is 2. The molecule has 0 aromatic carbocycles. The lowest BCUT2D eigenvalue weighted by atomic mass is 10.0. The third kappa shape index (κ3) is 23.9. The number of carboxylic acids is 1. The van der Waals surface area contributed by atoms with Gasteiger partial charge < -0.3 is 80.4 Å². The fraction of sp³-hybridized carbons (Fsp3) is 0.778. The molecule has 0 fully saturated rings. The molecule has 346 valence electrons. The molecule has 0 aliphatic carbocycles. The number of nitrogens with zero attached hydrogens (tertiary/aromatic N) is 1. The Morgan fingerprint density at radius 2 is 1.15 bits per heavy atom. The van der Waals surface area contributed by atoms with Gasteiger partial charge in [-0.05, 0) is 71.8 Å². The minimum Gasteiger partial charge on any atom is -0.480 e. The van der Waals surface area contributed by atoms with Gasteiger partial charge in [0.15, 0.2) is 6.04 Å². The van der Waals surface area contributed by atoms with E-state index in [9.17, 15) is 53.7 Å². The van der Waals surface area contributed by atoms with Gasteiger partial charge in [0.1, 0.15) is 42.5 Å². The lowest BCUT2D eigenvalue weighted by molar-refractivity contribution is -0.870. The number of nitrogens with one attached hydrogen (secondary N) is 7. The number of carbonyl (C=O) groups excluding carboxylic acids is 7. The molecule has 0 spiro atoms. The average molecular weight is 865 g/mol. The first kappa shape index (κ1) is 55.4. The molecule has 0 aliphatic rings. The van der Waals surface area contributed by atoms with E-state index < -0.39 is 109 Å². The fourth-order valence-electron chi connectivity index (χ4n) is 5.65. The van der Waals surface area contributed by atoms with Gasteiger partial charge in [-0.2, -0.15) is 0 Å². The van der Waals surface area contributed by atoms with Crippen molar-refractivity contribution < 1.29 is 69.6 Å². The number of hydrogen-bond donors (Lipinski definition) is 15. The van der Waals surface area contributed by atoms with Crippen molar-refractivity contribution in [2.75, 3.05) is 47.4 Å². The summed E-state index contributed by atoms with van der Waals surface area (Å²) < 4.78 is 0.632. The van der Waals surface area contributed by atoms with Crippen LogP contribution in [0.4, 0.5) is 0 Å². The molecule has 0 aromatic heterocycles. The molecule has 60 heavy (non-hydrogen) atoms. The number of hydrogen-bond acceptors (Lipinski definition) is 13. The van der Waals surface area contributed by atoms with Crippen molar-refractivity contribution in [1.82, 2.24) is 37.2 Å². The molecule has 0 aromatic rings. The molecular formula is C36H74N13O11+3. The van der Waals surface area contributed by atoms with E-state index in [1.807, 2.05) is 21.1 Å². The third-order valence-electron chi connectivity index (χ3n) is 9.23. The van der Waals surface area contributed by atoms with Crippen LogP contribution in [0.25, 0.3) is 0 Å². The van der Waals surface area contributed by atoms with Crippen LogP contribution in [0.15, 0.2) is 0 Å². The SMILES string of the molecule is C[C@H](NC(=O)[C@@H](NC(=O)[C@H](CCC(N)=O)NC(=O)[C@@H]([NH3+])CCCC[NH3+])[C@@H](C)O)C(=O)N[C@@H](CCCNC(N)N)C(=O)N[C@@H](CCCC[N+](C)(C)C)C(=O)N[C@@H](CO)C(=O)O.